The van der Waals surface area contributed by atoms with Crippen molar-refractivity contribution in [2.24, 2.45) is 11.7 Å². The quantitative estimate of drug-likeness (QED) is 0.622. The first-order chi connectivity index (χ1) is 9.37. The summed E-state index contributed by atoms with van der Waals surface area (Å²) < 4.78 is 54.3. The molecule has 2 unspecified atom stereocenters. The maximum Gasteiger partial charge on any atom is 0.188 e. The first-order valence-electron chi connectivity index (χ1n) is 6.32. The van der Waals surface area contributed by atoms with Crippen LogP contribution in [0.5, 0.6) is 0 Å². The van der Waals surface area contributed by atoms with E-state index in [4.69, 9.17) is 18.0 Å². The fraction of sp³-hybridized carbons (Fsp3) is 0.615. The summed E-state index contributed by atoms with van der Waals surface area (Å²) in [5.74, 6) is -1.39. The predicted molar refractivity (Wildman–Crippen MR) is 73.1 cm³/mol. The van der Waals surface area contributed by atoms with Crippen LogP contribution >= 0.6 is 12.2 Å². The molecule has 0 saturated carbocycles. The van der Waals surface area contributed by atoms with Gasteiger partial charge in [0, 0.05) is 11.6 Å². The fourth-order valence-electron chi connectivity index (χ4n) is 2.68. The third-order valence-corrected chi connectivity index (χ3v) is 4.55. The van der Waals surface area contributed by atoms with Crippen molar-refractivity contribution < 1.29 is 17.6 Å². The third-order valence-electron chi connectivity index (χ3n) is 4.08. The van der Waals surface area contributed by atoms with Gasteiger partial charge in [-0.15, -0.1) is 0 Å². The van der Waals surface area contributed by atoms with Crippen LogP contribution in [0.15, 0.2) is 23.7 Å². The van der Waals surface area contributed by atoms with Gasteiger partial charge in [0.25, 0.3) is 0 Å². The van der Waals surface area contributed by atoms with E-state index in [1.807, 2.05) is 0 Å². The van der Waals surface area contributed by atoms with Crippen molar-refractivity contribution in [3.63, 3.8) is 0 Å². The zero-order valence-corrected chi connectivity index (χ0v) is 11.6. The number of nitrogens with one attached hydrogen (secondary N) is 1. The van der Waals surface area contributed by atoms with E-state index in [9.17, 15) is 17.6 Å². The molecule has 1 saturated heterocycles. The molecule has 7 heteroatoms. The molecule has 0 aromatic carbocycles. The van der Waals surface area contributed by atoms with Crippen molar-refractivity contribution in [2.75, 3.05) is 13.3 Å². The van der Waals surface area contributed by atoms with Gasteiger partial charge in [-0.1, -0.05) is 12.2 Å². The summed E-state index contributed by atoms with van der Waals surface area (Å²) in [6.07, 6.45) is 2.39. The van der Waals surface area contributed by atoms with Gasteiger partial charge in [-0.2, -0.15) is 0 Å². The summed E-state index contributed by atoms with van der Waals surface area (Å²) in [7, 11) is 0. The maximum absolute atomic E-state index is 14.1. The van der Waals surface area contributed by atoms with E-state index in [-0.39, 0.29) is 19.3 Å². The molecule has 1 heterocycles. The number of hydrogen-bond acceptors (Lipinski definition) is 2. The fourth-order valence-corrected chi connectivity index (χ4v) is 3.04. The van der Waals surface area contributed by atoms with Crippen LogP contribution in [0.25, 0.3) is 0 Å². The molecular weight excluding hydrogens is 292 g/mol. The summed E-state index contributed by atoms with van der Waals surface area (Å²) in [6.45, 7) is -2.21. The highest BCUT2D eigenvalue weighted by atomic mass is 32.1. The molecule has 0 bridgehead atoms. The van der Waals surface area contributed by atoms with Crippen LogP contribution in [0.1, 0.15) is 19.3 Å². The molecule has 2 aliphatic rings. The smallest absolute Gasteiger partial charge is 0.188 e. The van der Waals surface area contributed by atoms with Crippen LogP contribution in [-0.4, -0.2) is 29.5 Å². The molecule has 1 aliphatic heterocycles. The average molecular weight is 308 g/mol. The van der Waals surface area contributed by atoms with Crippen molar-refractivity contribution in [2.45, 2.75) is 30.5 Å². The topological polar surface area (TPSA) is 38.0 Å². The van der Waals surface area contributed by atoms with Crippen LogP contribution in [0.4, 0.5) is 17.6 Å². The Bertz CT molecular complexity index is 479. The largest absolute Gasteiger partial charge is 0.402 e. The molecule has 0 radical (unpaired) electrons. The Morgan fingerprint density at radius 2 is 2.00 bits per heavy atom. The zero-order chi connectivity index (χ0) is 15.0. The zero-order valence-electron chi connectivity index (χ0n) is 10.8. The van der Waals surface area contributed by atoms with Crippen molar-refractivity contribution >= 4 is 17.2 Å². The Labute approximate surface area is 120 Å². The van der Waals surface area contributed by atoms with E-state index < -0.39 is 41.3 Å². The van der Waals surface area contributed by atoms with Crippen molar-refractivity contribution in [1.29, 1.82) is 0 Å². The number of allylic oxidation sites excluding steroid dienone is 3. The number of thiocarbonyl (C=S) groups is 1. The van der Waals surface area contributed by atoms with E-state index in [1.165, 1.54) is 12.2 Å². The minimum atomic E-state index is -2.29. The van der Waals surface area contributed by atoms with E-state index in [0.717, 1.165) is 0 Å². The first-order valence-corrected chi connectivity index (χ1v) is 6.73. The molecule has 1 fully saturated rings. The van der Waals surface area contributed by atoms with Crippen LogP contribution in [0.3, 0.4) is 0 Å². The van der Waals surface area contributed by atoms with E-state index >= 15 is 0 Å². The van der Waals surface area contributed by atoms with E-state index in [0.29, 0.717) is 5.70 Å². The molecule has 112 valence electrons. The number of piperidine rings is 1. The van der Waals surface area contributed by atoms with Gasteiger partial charge in [0.2, 0.25) is 0 Å². The molecular formula is C13H16F4N2S. The molecule has 0 amide bonds. The van der Waals surface area contributed by atoms with Crippen molar-refractivity contribution in [1.82, 2.24) is 5.32 Å². The summed E-state index contributed by atoms with van der Waals surface area (Å²) in [4.78, 5) is -0.398. The SMILES string of the molecule is NC1=CC=C(F)C([C@]2(CF)CCC(F)(CF)C(=S)N2)C1. The number of alkyl halides is 3. The lowest BCUT2D eigenvalue weighted by atomic mass is 9.72. The maximum atomic E-state index is 14.1. The summed E-state index contributed by atoms with van der Waals surface area (Å²) >= 11 is 4.81. The molecule has 2 nitrogen and oxygen atoms in total. The molecule has 0 aromatic rings. The van der Waals surface area contributed by atoms with E-state index in [1.54, 1.807) is 0 Å². The summed E-state index contributed by atoms with van der Waals surface area (Å²) in [5, 5.41) is 2.52. The first kappa shape index (κ1) is 15.3. The van der Waals surface area contributed by atoms with Crippen LogP contribution < -0.4 is 11.1 Å². The minimum absolute atomic E-state index is 0.0523. The Morgan fingerprint density at radius 1 is 1.30 bits per heavy atom. The highest BCUT2D eigenvalue weighted by Crippen LogP contribution is 2.42. The van der Waals surface area contributed by atoms with Gasteiger partial charge in [-0.05, 0) is 31.4 Å². The average Bonchev–Trinajstić information content (AvgIpc) is 2.45. The van der Waals surface area contributed by atoms with Crippen LogP contribution in [0, 0.1) is 5.92 Å². The third kappa shape index (κ3) is 2.43. The Hall–Kier alpha value is -1.11. The highest BCUT2D eigenvalue weighted by molar-refractivity contribution is 7.80. The molecule has 0 spiro atoms. The Balaban J connectivity index is 2.27. The second-order valence-corrected chi connectivity index (χ2v) is 5.80. The lowest BCUT2D eigenvalue weighted by Crippen LogP contribution is -2.65. The van der Waals surface area contributed by atoms with Crippen molar-refractivity contribution in [3.8, 4) is 0 Å². The van der Waals surface area contributed by atoms with Gasteiger partial charge < -0.3 is 11.1 Å². The molecule has 1 aliphatic carbocycles. The Kier molecular flexibility index (Phi) is 4.09. The number of rotatable bonds is 3. The van der Waals surface area contributed by atoms with Crippen molar-refractivity contribution in [3.05, 3.63) is 23.7 Å². The molecule has 3 N–H and O–H groups in total. The number of halogens is 4. The van der Waals surface area contributed by atoms with Crippen LogP contribution in [-0.2, 0) is 0 Å². The number of hydrogen-bond donors (Lipinski definition) is 2. The van der Waals surface area contributed by atoms with Gasteiger partial charge in [-0.25, -0.2) is 17.6 Å². The van der Waals surface area contributed by atoms with Gasteiger partial charge in [0.05, 0.1) is 5.54 Å². The van der Waals surface area contributed by atoms with Crippen LogP contribution in [0.2, 0.25) is 0 Å². The monoisotopic (exact) mass is 308 g/mol. The predicted octanol–water partition coefficient (Wildman–Crippen LogP) is 2.80. The normalized spacial score (nSPS) is 38.0. The molecule has 3 atom stereocenters. The highest BCUT2D eigenvalue weighted by Gasteiger charge is 2.51. The van der Waals surface area contributed by atoms with E-state index in [2.05, 4.69) is 5.32 Å². The number of nitrogens with two attached hydrogens (primary N) is 1. The second-order valence-electron chi connectivity index (χ2n) is 5.39. The minimum Gasteiger partial charge on any atom is -0.402 e. The second kappa shape index (κ2) is 5.35. The molecule has 2 rings (SSSR count). The van der Waals surface area contributed by atoms with Gasteiger partial charge in [-0.3, -0.25) is 0 Å². The summed E-state index contributed by atoms with van der Waals surface area (Å²) in [6, 6.07) is 0. The van der Waals surface area contributed by atoms with Gasteiger partial charge >= 0.3 is 0 Å². The summed E-state index contributed by atoms with van der Waals surface area (Å²) in [5.41, 5.74) is 2.42. The van der Waals surface area contributed by atoms with Gasteiger partial charge in [0.15, 0.2) is 5.67 Å². The van der Waals surface area contributed by atoms with Gasteiger partial charge in [0.1, 0.15) is 24.2 Å². The molecule has 20 heavy (non-hydrogen) atoms. The lowest BCUT2D eigenvalue weighted by molar-refractivity contribution is 0.0917. The Morgan fingerprint density at radius 3 is 2.55 bits per heavy atom. The lowest BCUT2D eigenvalue weighted by Gasteiger charge is -2.47. The standard InChI is InChI=1S/C13H16F4N2S/c14-6-12(17)3-4-13(7-15,19-11(12)20)9-5-8(18)1-2-10(9)16/h1-2,9H,3-7,18H2,(H,19,20)/t9?,12?,13-/m1/s1. The molecule has 0 aromatic heterocycles.